The third-order valence-electron chi connectivity index (χ3n) is 2.93. The number of anilines is 1. The first-order valence-electron chi connectivity index (χ1n) is 5.72. The molecule has 1 unspecified atom stereocenters. The summed E-state index contributed by atoms with van der Waals surface area (Å²) in [5.41, 5.74) is 0.478. The Bertz CT molecular complexity index is 365. The van der Waals surface area contributed by atoms with Gasteiger partial charge in [-0.3, -0.25) is 0 Å². The van der Waals surface area contributed by atoms with Crippen LogP contribution in [0.5, 0.6) is 0 Å². The topological polar surface area (TPSA) is 21.3 Å². The lowest BCUT2D eigenvalue weighted by atomic mass is 9.94. The van der Waals surface area contributed by atoms with E-state index < -0.39 is 0 Å². The van der Waals surface area contributed by atoms with Gasteiger partial charge in [0.15, 0.2) is 0 Å². The Morgan fingerprint density at radius 3 is 2.81 bits per heavy atom. The summed E-state index contributed by atoms with van der Waals surface area (Å²) in [5, 5.41) is 3.25. The van der Waals surface area contributed by atoms with Crippen LogP contribution in [0.4, 0.5) is 10.1 Å². The van der Waals surface area contributed by atoms with Crippen LogP contribution in [0.15, 0.2) is 24.3 Å². The molecule has 1 saturated heterocycles. The van der Waals surface area contributed by atoms with Crippen molar-refractivity contribution in [1.29, 1.82) is 0 Å². The molecule has 1 fully saturated rings. The Morgan fingerprint density at radius 1 is 1.38 bits per heavy atom. The maximum absolute atomic E-state index is 13.4. The molecular weight excluding hydrogens is 205 g/mol. The molecule has 0 saturated carbocycles. The van der Waals surface area contributed by atoms with Crippen molar-refractivity contribution < 1.29 is 9.13 Å². The minimum atomic E-state index is -0.188. The quantitative estimate of drug-likeness (QED) is 0.831. The average molecular weight is 223 g/mol. The van der Waals surface area contributed by atoms with Crippen molar-refractivity contribution in [2.75, 3.05) is 11.9 Å². The fourth-order valence-electron chi connectivity index (χ4n) is 2.15. The van der Waals surface area contributed by atoms with Crippen molar-refractivity contribution in [3.63, 3.8) is 0 Å². The molecule has 0 radical (unpaired) electrons. The van der Waals surface area contributed by atoms with Crippen LogP contribution in [0, 0.1) is 5.82 Å². The molecule has 0 aromatic heterocycles. The Morgan fingerprint density at radius 2 is 2.12 bits per heavy atom. The van der Waals surface area contributed by atoms with Gasteiger partial charge >= 0.3 is 0 Å². The Hall–Kier alpha value is -1.09. The highest BCUT2D eigenvalue weighted by Crippen LogP contribution is 2.26. The van der Waals surface area contributed by atoms with Gasteiger partial charge in [-0.2, -0.15) is 0 Å². The molecule has 1 N–H and O–H groups in total. The van der Waals surface area contributed by atoms with Crippen molar-refractivity contribution in [3.05, 3.63) is 30.1 Å². The number of rotatable bonds is 2. The number of nitrogens with one attached hydrogen (secondary N) is 1. The van der Waals surface area contributed by atoms with Crippen LogP contribution in [0.3, 0.4) is 0 Å². The molecule has 1 atom stereocenters. The van der Waals surface area contributed by atoms with Gasteiger partial charge in [0, 0.05) is 12.6 Å². The largest absolute Gasteiger partial charge is 0.380 e. The summed E-state index contributed by atoms with van der Waals surface area (Å²) in [5.74, 6) is -0.188. The number of para-hydroxylation sites is 1. The second-order valence-corrected chi connectivity index (χ2v) is 4.92. The summed E-state index contributed by atoms with van der Waals surface area (Å²) in [6.45, 7) is 4.88. The van der Waals surface area contributed by atoms with Gasteiger partial charge < -0.3 is 10.1 Å². The maximum atomic E-state index is 13.4. The van der Waals surface area contributed by atoms with Gasteiger partial charge in [0.2, 0.25) is 0 Å². The van der Waals surface area contributed by atoms with Gasteiger partial charge in [0.05, 0.1) is 11.3 Å². The Kier molecular flexibility index (Phi) is 3.15. The molecule has 88 valence electrons. The van der Waals surface area contributed by atoms with Gasteiger partial charge in [-0.05, 0) is 38.8 Å². The number of ether oxygens (including phenoxy) is 1. The van der Waals surface area contributed by atoms with E-state index in [1.54, 1.807) is 12.1 Å². The lowest BCUT2D eigenvalue weighted by molar-refractivity contribution is -0.0553. The molecule has 3 heteroatoms. The highest BCUT2D eigenvalue weighted by Gasteiger charge is 2.28. The van der Waals surface area contributed by atoms with Gasteiger partial charge in [0.1, 0.15) is 5.82 Å². The van der Waals surface area contributed by atoms with Gasteiger partial charge in [0.25, 0.3) is 0 Å². The number of hydrogen-bond donors (Lipinski definition) is 1. The zero-order valence-electron chi connectivity index (χ0n) is 9.79. The summed E-state index contributed by atoms with van der Waals surface area (Å²) in [6, 6.07) is 7.09. The van der Waals surface area contributed by atoms with Crippen LogP contribution >= 0.6 is 0 Å². The van der Waals surface area contributed by atoms with Crippen LogP contribution in [0.1, 0.15) is 26.7 Å². The molecule has 1 aliphatic heterocycles. The van der Waals surface area contributed by atoms with Crippen molar-refractivity contribution in [2.24, 2.45) is 0 Å². The van der Waals surface area contributed by atoms with E-state index in [0.29, 0.717) is 11.7 Å². The average Bonchev–Trinajstić information content (AvgIpc) is 2.20. The minimum Gasteiger partial charge on any atom is -0.380 e. The van der Waals surface area contributed by atoms with E-state index >= 15 is 0 Å². The highest BCUT2D eigenvalue weighted by molar-refractivity contribution is 5.45. The fourth-order valence-corrected chi connectivity index (χ4v) is 2.15. The molecule has 0 amide bonds. The van der Waals surface area contributed by atoms with E-state index in [1.807, 2.05) is 6.07 Å². The predicted octanol–water partition coefficient (Wildman–Crippen LogP) is 3.20. The Labute approximate surface area is 95.8 Å². The van der Waals surface area contributed by atoms with Crippen LogP contribution in [0.25, 0.3) is 0 Å². The zero-order chi connectivity index (χ0) is 11.6. The zero-order valence-corrected chi connectivity index (χ0v) is 9.79. The summed E-state index contributed by atoms with van der Waals surface area (Å²) in [6.07, 6.45) is 1.83. The smallest absolute Gasteiger partial charge is 0.146 e. The van der Waals surface area contributed by atoms with Crippen LogP contribution in [-0.4, -0.2) is 18.2 Å². The maximum Gasteiger partial charge on any atom is 0.146 e. The first kappa shape index (κ1) is 11.4. The first-order chi connectivity index (χ1) is 7.57. The molecule has 1 aromatic rings. The van der Waals surface area contributed by atoms with Gasteiger partial charge in [-0.1, -0.05) is 12.1 Å². The standard InChI is InChI=1S/C13H18FNO/c1-13(2)9-10(7-8-16-13)15-12-6-4-3-5-11(12)14/h3-6,10,15H,7-9H2,1-2H3. The third-order valence-corrected chi connectivity index (χ3v) is 2.93. The molecule has 0 spiro atoms. The molecule has 2 rings (SSSR count). The van der Waals surface area contributed by atoms with E-state index in [-0.39, 0.29) is 11.4 Å². The van der Waals surface area contributed by atoms with Crippen molar-refractivity contribution in [3.8, 4) is 0 Å². The molecule has 1 aliphatic rings. The van der Waals surface area contributed by atoms with E-state index in [2.05, 4.69) is 19.2 Å². The molecule has 16 heavy (non-hydrogen) atoms. The molecule has 0 bridgehead atoms. The molecule has 1 aromatic carbocycles. The SMILES string of the molecule is CC1(C)CC(Nc2ccccc2F)CCO1. The second-order valence-electron chi connectivity index (χ2n) is 4.92. The molecular formula is C13H18FNO. The number of hydrogen-bond acceptors (Lipinski definition) is 2. The Balaban J connectivity index is 2.02. The fraction of sp³-hybridized carbons (Fsp3) is 0.538. The summed E-state index contributed by atoms with van der Waals surface area (Å²) < 4.78 is 19.1. The van der Waals surface area contributed by atoms with E-state index in [1.165, 1.54) is 6.07 Å². The summed E-state index contributed by atoms with van der Waals surface area (Å²) in [7, 11) is 0. The number of benzene rings is 1. The van der Waals surface area contributed by atoms with Gasteiger partial charge in [-0.15, -0.1) is 0 Å². The molecule has 2 nitrogen and oxygen atoms in total. The van der Waals surface area contributed by atoms with Crippen molar-refractivity contribution in [2.45, 2.75) is 38.3 Å². The monoisotopic (exact) mass is 223 g/mol. The summed E-state index contributed by atoms with van der Waals surface area (Å²) >= 11 is 0. The lowest BCUT2D eigenvalue weighted by Crippen LogP contribution is -2.40. The normalized spacial score (nSPS) is 24.1. The van der Waals surface area contributed by atoms with Crippen molar-refractivity contribution >= 4 is 5.69 Å². The minimum absolute atomic E-state index is 0.110. The molecule has 1 heterocycles. The molecule has 0 aliphatic carbocycles. The van der Waals surface area contributed by atoms with E-state index in [9.17, 15) is 4.39 Å². The predicted molar refractivity (Wildman–Crippen MR) is 63.1 cm³/mol. The van der Waals surface area contributed by atoms with Crippen molar-refractivity contribution in [1.82, 2.24) is 0 Å². The van der Waals surface area contributed by atoms with E-state index in [0.717, 1.165) is 19.4 Å². The second kappa shape index (κ2) is 4.42. The number of halogens is 1. The third kappa shape index (κ3) is 2.73. The van der Waals surface area contributed by atoms with E-state index in [4.69, 9.17) is 4.74 Å². The lowest BCUT2D eigenvalue weighted by Gasteiger charge is -2.36. The van der Waals surface area contributed by atoms with Gasteiger partial charge in [-0.25, -0.2) is 4.39 Å². The van der Waals surface area contributed by atoms with Crippen LogP contribution in [-0.2, 0) is 4.74 Å². The van der Waals surface area contributed by atoms with Crippen LogP contribution in [0.2, 0.25) is 0 Å². The highest BCUT2D eigenvalue weighted by atomic mass is 19.1. The summed E-state index contributed by atoms with van der Waals surface area (Å²) in [4.78, 5) is 0. The first-order valence-corrected chi connectivity index (χ1v) is 5.72. The van der Waals surface area contributed by atoms with Crippen LogP contribution < -0.4 is 5.32 Å².